The summed E-state index contributed by atoms with van der Waals surface area (Å²) >= 11 is 17.6. The number of rotatable bonds is 4. The first-order valence-corrected chi connectivity index (χ1v) is 7.54. The van der Waals surface area contributed by atoms with Crippen LogP contribution in [0.1, 0.15) is 16.1 Å². The molecule has 0 aliphatic carbocycles. The minimum Gasteiger partial charge on any atom is -0.504 e. The smallest absolute Gasteiger partial charge is 0.337 e. The number of benzene rings is 1. The number of ether oxygens (including phenoxy) is 1. The van der Waals surface area contributed by atoms with E-state index in [9.17, 15) is 9.90 Å². The number of anilines is 1. The van der Waals surface area contributed by atoms with Crippen LogP contribution in [-0.4, -0.2) is 24.3 Å². The number of aromatic nitrogens is 1. The molecule has 0 saturated carbocycles. The summed E-state index contributed by atoms with van der Waals surface area (Å²) in [4.78, 5) is 14.6. The van der Waals surface area contributed by atoms with Crippen LogP contribution in [0.15, 0.2) is 23.3 Å². The van der Waals surface area contributed by atoms with Crippen molar-refractivity contribution in [3.63, 3.8) is 0 Å². The molecule has 1 aromatic carbocycles. The van der Waals surface area contributed by atoms with Crippen molar-refractivity contribution < 1.29 is 19.6 Å². The van der Waals surface area contributed by atoms with Crippen LogP contribution in [0.5, 0.6) is 11.5 Å². The molecule has 5 N–H and O–H groups in total. The van der Waals surface area contributed by atoms with E-state index in [-0.39, 0.29) is 32.3 Å². The molecular formula is C14H12Cl3N4O3+. The highest BCUT2D eigenvalue weighted by Crippen LogP contribution is 2.32. The van der Waals surface area contributed by atoms with Gasteiger partial charge in [0.05, 0.1) is 19.0 Å². The lowest BCUT2D eigenvalue weighted by atomic mass is 10.2. The van der Waals surface area contributed by atoms with Gasteiger partial charge < -0.3 is 15.6 Å². The van der Waals surface area contributed by atoms with Crippen LogP contribution in [-0.2, 0) is 0 Å². The number of carbonyl (C=O) groups excluding carboxylic acids is 1. The third-order valence-electron chi connectivity index (χ3n) is 2.93. The Morgan fingerprint density at radius 1 is 1.38 bits per heavy atom. The minimum atomic E-state index is -0.667. The van der Waals surface area contributed by atoms with E-state index in [0.29, 0.717) is 11.3 Å². The highest BCUT2D eigenvalue weighted by atomic mass is 35.5. The standard InChI is InChI=1S/C14H11Cl3N4O3/c1-24-8-3-2-6(4-7(8)22)5-19-21-14(23)12-9(15)11(18)10(16)13(17)20-12/h2-5,22H,1H3,(H2,18,20)(H,21,23)/p+1/b19-5+. The molecule has 2 rings (SSSR count). The van der Waals surface area contributed by atoms with Gasteiger partial charge in [0, 0.05) is 0 Å². The first-order chi connectivity index (χ1) is 11.3. The van der Waals surface area contributed by atoms with Crippen molar-refractivity contribution in [2.45, 2.75) is 0 Å². The summed E-state index contributed by atoms with van der Waals surface area (Å²) in [5.74, 6) is -0.399. The van der Waals surface area contributed by atoms with Gasteiger partial charge in [-0.05, 0) is 35.4 Å². The molecule has 7 nitrogen and oxygen atoms in total. The van der Waals surface area contributed by atoms with E-state index in [0.717, 1.165) is 0 Å². The van der Waals surface area contributed by atoms with E-state index in [1.165, 1.54) is 19.4 Å². The molecule has 1 heterocycles. The summed E-state index contributed by atoms with van der Waals surface area (Å²) in [6.45, 7) is 0. The number of nitrogen functional groups attached to an aromatic ring is 1. The second kappa shape index (κ2) is 7.57. The van der Waals surface area contributed by atoms with Crippen molar-refractivity contribution in [3.8, 4) is 11.5 Å². The normalized spacial score (nSPS) is 10.8. The van der Waals surface area contributed by atoms with Gasteiger partial charge in [0.1, 0.15) is 10.0 Å². The number of nitrogens with one attached hydrogen (secondary N) is 2. The number of phenolic OH excluding ortho intramolecular Hbond substituents is 1. The fourth-order valence-electron chi connectivity index (χ4n) is 1.73. The number of pyridine rings is 1. The largest absolute Gasteiger partial charge is 0.504 e. The Labute approximate surface area is 152 Å². The average Bonchev–Trinajstić information content (AvgIpc) is 2.56. The monoisotopic (exact) mass is 389 g/mol. The first kappa shape index (κ1) is 18.1. The Bertz CT molecular complexity index is 827. The molecule has 10 heteroatoms. The van der Waals surface area contributed by atoms with Crippen LogP contribution in [0.25, 0.3) is 0 Å². The summed E-state index contributed by atoms with van der Waals surface area (Å²) in [5.41, 5.74) is 8.35. The molecule has 0 bridgehead atoms. The zero-order valence-electron chi connectivity index (χ0n) is 12.2. The SMILES string of the molecule is COc1ccc(/C=N/NC(=O)c2[nH+]c(Cl)c(Cl)c(N)c2Cl)cc1O. The molecule has 0 aliphatic rings. The number of nitrogens with zero attached hydrogens (tertiary/aromatic N) is 1. The van der Waals surface area contributed by atoms with E-state index < -0.39 is 5.91 Å². The number of aromatic hydroxyl groups is 1. The molecule has 0 unspecified atom stereocenters. The van der Waals surface area contributed by atoms with E-state index in [2.05, 4.69) is 15.5 Å². The van der Waals surface area contributed by atoms with Gasteiger partial charge in [0.15, 0.2) is 11.5 Å². The van der Waals surface area contributed by atoms with Gasteiger partial charge in [-0.3, -0.25) is 4.79 Å². The Morgan fingerprint density at radius 2 is 2.08 bits per heavy atom. The van der Waals surface area contributed by atoms with Crippen LogP contribution >= 0.6 is 34.8 Å². The van der Waals surface area contributed by atoms with Crippen LogP contribution in [0, 0.1) is 0 Å². The summed E-state index contributed by atoms with van der Waals surface area (Å²) < 4.78 is 4.93. The Balaban J connectivity index is 2.15. The van der Waals surface area contributed by atoms with Crippen LogP contribution in [0.2, 0.25) is 15.2 Å². The molecule has 0 fully saturated rings. The molecule has 0 spiro atoms. The molecular weight excluding hydrogens is 379 g/mol. The zero-order chi connectivity index (χ0) is 17.9. The maximum atomic E-state index is 12.1. The molecule has 126 valence electrons. The van der Waals surface area contributed by atoms with Crippen molar-refractivity contribution in [2.75, 3.05) is 12.8 Å². The Kier molecular flexibility index (Phi) is 5.71. The fourth-order valence-corrected chi connectivity index (χ4v) is 2.35. The van der Waals surface area contributed by atoms with Crippen LogP contribution in [0.4, 0.5) is 5.69 Å². The summed E-state index contributed by atoms with van der Waals surface area (Å²) in [6.07, 6.45) is 1.33. The van der Waals surface area contributed by atoms with E-state index in [4.69, 9.17) is 45.3 Å². The van der Waals surface area contributed by atoms with Gasteiger partial charge in [-0.15, -0.1) is 0 Å². The highest BCUT2D eigenvalue weighted by Gasteiger charge is 2.25. The highest BCUT2D eigenvalue weighted by molar-refractivity contribution is 6.45. The van der Waals surface area contributed by atoms with Gasteiger partial charge in [-0.2, -0.15) is 10.1 Å². The number of halogens is 3. The van der Waals surface area contributed by atoms with Crippen molar-refractivity contribution >= 4 is 52.6 Å². The lowest BCUT2D eigenvalue weighted by molar-refractivity contribution is -0.379. The number of hydrogen-bond acceptors (Lipinski definition) is 5. The number of hydrogen-bond donors (Lipinski definition) is 3. The summed E-state index contributed by atoms with van der Waals surface area (Å²) in [6, 6.07) is 4.62. The lowest BCUT2D eigenvalue weighted by Crippen LogP contribution is -2.28. The molecule has 0 saturated heterocycles. The van der Waals surface area contributed by atoms with Crippen LogP contribution in [0.3, 0.4) is 0 Å². The second-order valence-electron chi connectivity index (χ2n) is 4.49. The number of aromatic amines is 1. The van der Waals surface area contributed by atoms with E-state index >= 15 is 0 Å². The topological polar surface area (TPSA) is 111 Å². The van der Waals surface area contributed by atoms with Crippen molar-refractivity contribution in [2.24, 2.45) is 5.10 Å². The molecule has 0 aliphatic heterocycles. The summed E-state index contributed by atoms with van der Waals surface area (Å²) in [7, 11) is 1.44. The Morgan fingerprint density at radius 3 is 2.71 bits per heavy atom. The molecule has 1 amide bonds. The van der Waals surface area contributed by atoms with Gasteiger partial charge in [0.2, 0.25) is 0 Å². The van der Waals surface area contributed by atoms with Crippen molar-refractivity contribution in [1.29, 1.82) is 0 Å². The number of amides is 1. The Hall–Kier alpha value is -2.22. The van der Waals surface area contributed by atoms with Crippen molar-refractivity contribution in [3.05, 3.63) is 44.7 Å². The van der Waals surface area contributed by atoms with E-state index in [1.54, 1.807) is 12.1 Å². The average molecular weight is 391 g/mol. The number of carbonyl (C=O) groups is 1. The fraction of sp³-hybridized carbons (Fsp3) is 0.0714. The molecule has 2 aromatic rings. The molecule has 24 heavy (non-hydrogen) atoms. The maximum Gasteiger partial charge on any atom is 0.337 e. The van der Waals surface area contributed by atoms with Crippen LogP contribution < -0.4 is 20.9 Å². The van der Waals surface area contributed by atoms with Gasteiger partial charge >= 0.3 is 5.91 Å². The number of nitrogens with two attached hydrogens (primary N) is 1. The third-order valence-corrected chi connectivity index (χ3v) is 4.09. The van der Waals surface area contributed by atoms with Crippen molar-refractivity contribution in [1.82, 2.24) is 5.43 Å². The molecule has 1 aromatic heterocycles. The number of phenols is 1. The predicted molar refractivity (Wildman–Crippen MR) is 92.2 cm³/mol. The quantitative estimate of drug-likeness (QED) is 0.423. The number of methoxy groups -OCH3 is 1. The van der Waals surface area contributed by atoms with Gasteiger partial charge in [-0.25, -0.2) is 5.43 Å². The molecule has 0 radical (unpaired) electrons. The lowest BCUT2D eigenvalue weighted by Gasteiger charge is -2.04. The number of H-pyrrole nitrogens is 1. The third kappa shape index (κ3) is 3.81. The molecule has 0 atom stereocenters. The number of hydrazone groups is 1. The maximum absolute atomic E-state index is 12.1. The summed E-state index contributed by atoms with van der Waals surface area (Å²) in [5, 5.41) is 13.4. The second-order valence-corrected chi connectivity index (χ2v) is 5.62. The zero-order valence-corrected chi connectivity index (χ0v) is 14.5. The first-order valence-electron chi connectivity index (χ1n) is 6.40. The van der Waals surface area contributed by atoms with E-state index in [1.807, 2.05) is 0 Å². The minimum absolute atomic E-state index is 0.0173. The van der Waals surface area contributed by atoms with Gasteiger partial charge in [-0.1, -0.05) is 23.2 Å². The predicted octanol–water partition coefficient (Wildman–Crippen LogP) is 2.52. The van der Waals surface area contributed by atoms with Gasteiger partial charge in [0.25, 0.3) is 10.8 Å².